The van der Waals surface area contributed by atoms with Crippen molar-refractivity contribution in [2.24, 2.45) is 0 Å². The van der Waals surface area contributed by atoms with Crippen molar-refractivity contribution >= 4 is 39.0 Å². The molecule has 2 heterocycles. The van der Waals surface area contributed by atoms with Gasteiger partial charge in [0.2, 0.25) is 0 Å². The van der Waals surface area contributed by atoms with E-state index in [1.54, 1.807) is 53.2 Å². The Bertz CT molecular complexity index is 1500. The summed E-state index contributed by atoms with van der Waals surface area (Å²) in [5.41, 5.74) is 3.04. The van der Waals surface area contributed by atoms with Gasteiger partial charge >= 0.3 is 0 Å². The summed E-state index contributed by atoms with van der Waals surface area (Å²) in [6.07, 6.45) is 0.502. The summed E-state index contributed by atoms with van der Waals surface area (Å²) in [6, 6.07) is 17.6. The van der Waals surface area contributed by atoms with Crippen LogP contribution in [0.25, 0.3) is 27.8 Å². The number of hydrogen-bond donors (Lipinski definition) is 3. The van der Waals surface area contributed by atoms with Crippen LogP contribution in [0, 0.1) is 17.1 Å². The molecule has 35 heavy (non-hydrogen) atoms. The Hall–Kier alpha value is -3.42. The molecule has 178 valence electrons. The third-order valence-electron chi connectivity index (χ3n) is 5.96. The van der Waals surface area contributed by atoms with Gasteiger partial charge in [-0.2, -0.15) is 21.0 Å². The Morgan fingerprint density at radius 3 is 2.63 bits per heavy atom. The molecule has 7 nitrogen and oxygen atoms in total. The fourth-order valence-corrected chi connectivity index (χ4v) is 6.14. The molecule has 0 bridgehead atoms. The number of fused-ring (bicyclic) bond motifs is 1. The maximum absolute atomic E-state index is 13.6. The molecule has 0 saturated carbocycles. The van der Waals surface area contributed by atoms with Crippen molar-refractivity contribution < 1.29 is 18.3 Å². The highest BCUT2D eigenvalue weighted by Crippen LogP contribution is 2.45. The minimum Gasteiger partial charge on any atom is -0.348 e. The molecule has 3 aromatic carbocycles. The number of rotatable bonds is 4. The Morgan fingerprint density at radius 1 is 1.17 bits per heavy atom. The van der Waals surface area contributed by atoms with Gasteiger partial charge in [-0.3, -0.25) is 13.9 Å². The van der Waals surface area contributed by atoms with E-state index in [1.807, 2.05) is 0 Å². The molecular formula is C25H20ClFN4O3S. The first-order valence-corrected chi connectivity index (χ1v) is 13.0. The van der Waals surface area contributed by atoms with Gasteiger partial charge in [-0.25, -0.2) is 9.07 Å². The molecule has 4 aromatic rings. The highest BCUT2D eigenvalue weighted by atomic mass is 35.5. The number of nitriles is 1. The molecule has 1 fully saturated rings. The van der Waals surface area contributed by atoms with Crippen LogP contribution in [0.4, 0.5) is 4.39 Å². The number of nitrogens with one attached hydrogen (secondary N) is 1. The fourth-order valence-electron chi connectivity index (χ4n) is 4.21. The molecular weight excluding hydrogens is 491 g/mol. The maximum atomic E-state index is 13.6. The van der Waals surface area contributed by atoms with Gasteiger partial charge in [0.05, 0.1) is 33.6 Å². The molecule has 1 aromatic heterocycles. The smallest absolute Gasteiger partial charge is 0.251 e. The van der Waals surface area contributed by atoms with Crippen molar-refractivity contribution in [2.45, 2.75) is 12.5 Å². The summed E-state index contributed by atoms with van der Waals surface area (Å²) in [6.45, 7) is 0. The lowest BCUT2D eigenvalue weighted by Gasteiger charge is -2.26. The quantitative estimate of drug-likeness (QED) is 0.330. The summed E-state index contributed by atoms with van der Waals surface area (Å²) in [5.74, 6) is -0.309. The molecule has 1 aliphatic heterocycles. The van der Waals surface area contributed by atoms with Crippen molar-refractivity contribution in [2.75, 3.05) is 11.5 Å². The topological polar surface area (TPSA) is 111 Å². The van der Waals surface area contributed by atoms with Crippen LogP contribution in [0.15, 0.2) is 60.7 Å². The predicted molar refractivity (Wildman–Crippen MR) is 135 cm³/mol. The monoisotopic (exact) mass is 510 g/mol. The number of aromatic nitrogens is 2. The SMILES string of the molecule is N#Cc1ccc(Cl)c(-c2nn(-c3ccc(F)cc3)c3cc(C(=O)NC4CCS(O)(O)C4)ccc23)c1. The predicted octanol–water partition coefficient (Wildman–Crippen LogP) is 5.61. The number of hydrogen-bond acceptors (Lipinski definition) is 5. The summed E-state index contributed by atoms with van der Waals surface area (Å²) < 4.78 is 34.9. The molecule has 1 amide bonds. The van der Waals surface area contributed by atoms with Crippen LogP contribution in [0.5, 0.6) is 0 Å². The van der Waals surface area contributed by atoms with Crippen LogP contribution in [0.2, 0.25) is 5.02 Å². The third kappa shape index (κ3) is 4.61. The molecule has 0 radical (unpaired) electrons. The van der Waals surface area contributed by atoms with E-state index in [-0.39, 0.29) is 23.5 Å². The highest BCUT2D eigenvalue weighted by Gasteiger charge is 2.29. The summed E-state index contributed by atoms with van der Waals surface area (Å²) in [7, 11) is -2.64. The average molecular weight is 511 g/mol. The third-order valence-corrected chi connectivity index (χ3v) is 8.12. The summed E-state index contributed by atoms with van der Waals surface area (Å²) in [4.78, 5) is 13.0. The van der Waals surface area contributed by atoms with Crippen molar-refractivity contribution in [3.63, 3.8) is 0 Å². The van der Waals surface area contributed by atoms with E-state index in [0.29, 0.717) is 50.4 Å². The van der Waals surface area contributed by atoms with Gasteiger partial charge in [0.1, 0.15) is 11.5 Å². The van der Waals surface area contributed by atoms with E-state index in [9.17, 15) is 23.6 Å². The molecule has 3 N–H and O–H groups in total. The van der Waals surface area contributed by atoms with Gasteiger partial charge in [-0.05, 0) is 67.1 Å². The minimum atomic E-state index is -2.64. The van der Waals surface area contributed by atoms with Gasteiger partial charge in [-0.15, -0.1) is 0 Å². The zero-order chi connectivity index (χ0) is 24.7. The number of carbonyl (C=O) groups excluding carboxylic acids is 1. The lowest BCUT2D eigenvalue weighted by molar-refractivity contribution is 0.0941. The molecule has 5 rings (SSSR count). The van der Waals surface area contributed by atoms with E-state index in [2.05, 4.69) is 11.4 Å². The van der Waals surface area contributed by atoms with Crippen molar-refractivity contribution in [3.8, 4) is 23.0 Å². The lowest BCUT2D eigenvalue weighted by atomic mass is 10.0. The van der Waals surface area contributed by atoms with Crippen LogP contribution >= 0.6 is 22.2 Å². The first-order valence-electron chi connectivity index (χ1n) is 10.8. The number of amides is 1. The molecule has 1 saturated heterocycles. The average Bonchev–Trinajstić information content (AvgIpc) is 3.39. The van der Waals surface area contributed by atoms with Gasteiger partial charge in [0.15, 0.2) is 0 Å². The summed E-state index contributed by atoms with van der Waals surface area (Å²) in [5, 5.41) is 18.0. The number of nitrogens with zero attached hydrogens (tertiary/aromatic N) is 3. The van der Waals surface area contributed by atoms with Gasteiger partial charge in [-0.1, -0.05) is 11.6 Å². The van der Waals surface area contributed by atoms with Crippen LogP contribution < -0.4 is 5.32 Å². The van der Waals surface area contributed by atoms with Gasteiger partial charge < -0.3 is 5.32 Å². The van der Waals surface area contributed by atoms with Crippen LogP contribution in [0.1, 0.15) is 22.3 Å². The number of halogens is 2. The van der Waals surface area contributed by atoms with Crippen molar-refractivity contribution in [1.82, 2.24) is 15.1 Å². The molecule has 10 heteroatoms. The first kappa shape index (κ1) is 23.3. The maximum Gasteiger partial charge on any atom is 0.251 e. The van der Waals surface area contributed by atoms with Crippen LogP contribution in [0.3, 0.4) is 0 Å². The van der Waals surface area contributed by atoms with Gasteiger partial charge in [0.25, 0.3) is 5.91 Å². The van der Waals surface area contributed by atoms with Gasteiger partial charge in [0, 0.05) is 28.3 Å². The Balaban J connectivity index is 1.62. The largest absolute Gasteiger partial charge is 0.348 e. The van der Waals surface area contributed by atoms with E-state index in [4.69, 9.17) is 16.7 Å². The zero-order valence-electron chi connectivity index (χ0n) is 18.3. The normalized spacial score (nSPS) is 17.7. The second kappa shape index (κ2) is 8.98. The Morgan fingerprint density at radius 2 is 1.94 bits per heavy atom. The zero-order valence-corrected chi connectivity index (χ0v) is 19.9. The van der Waals surface area contributed by atoms with Crippen LogP contribution in [-0.2, 0) is 0 Å². The highest BCUT2D eigenvalue weighted by molar-refractivity contribution is 8.24. The van der Waals surface area contributed by atoms with E-state index in [1.165, 1.54) is 12.1 Å². The molecule has 1 unspecified atom stereocenters. The number of benzene rings is 3. The van der Waals surface area contributed by atoms with Crippen LogP contribution in [-0.4, -0.2) is 42.3 Å². The first-order chi connectivity index (χ1) is 16.7. The molecule has 0 spiro atoms. The Labute approximate surface area is 207 Å². The second-order valence-corrected chi connectivity index (χ2v) is 11.2. The van der Waals surface area contributed by atoms with Crippen molar-refractivity contribution in [3.05, 3.63) is 82.6 Å². The van der Waals surface area contributed by atoms with E-state index in [0.717, 1.165) is 0 Å². The second-order valence-electron chi connectivity index (χ2n) is 8.41. The van der Waals surface area contributed by atoms with E-state index < -0.39 is 16.4 Å². The molecule has 1 aliphatic rings. The Kier molecular flexibility index (Phi) is 5.99. The number of carbonyl (C=O) groups is 1. The molecule has 0 aliphatic carbocycles. The lowest BCUT2D eigenvalue weighted by Crippen LogP contribution is -2.35. The van der Waals surface area contributed by atoms with E-state index >= 15 is 0 Å². The fraction of sp³-hybridized carbons (Fsp3) is 0.160. The standard InChI is InChI=1S/C25H20ClFN4O3S/c26-22-8-1-15(13-28)11-21(22)24-20-7-2-16(25(32)29-18-9-10-35(33,34)14-18)12-23(20)31(30-24)19-5-3-17(27)4-6-19/h1-8,11-12,18,33-34H,9-10,14H2,(H,29,32). The summed E-state index contributed by atoms with van der Waals surface area (Å²) >= 11 is 6.45. The van der Waals surface area contributed by atoms with Crippen molar-refractivity contribution in [1.29, 1.82) is 5.26 Å². The minimum absolute atomic E-state index is 0.145. The molecule has 1 atom stereocenters.